The number of halogens is 7. The normalized spacial score (nSPS) is 13.7. The highest BCUT2D eigenvalue weighted by molar-refractivity contribution is 5.88. The Morgan fingerprint density at radius 2 is 1.43 bits per heavy atom. The molecule has 0 bridgehead atoms. The van der Waals surface area contributed by atoms with Gasteiger partial charge >= 0.3 is 18.0 Å². The second-order valence-electron chi connectivity index (χ2n) is 4.34. The van der Waals surface area contributed by atoms with Crippen LogP contribution in [0, 0.1) is 0 Å². The molecule has 2 rings (SSSR count). The largest absolute Gasteiger partial charge is 0.460 e. The van der Waals surface area contributed by atoms with Gasteiger partial charge in [0.2, 0.25) is 0 Å². The van der Waals surface area contributed by atoms with E-state index < -0.39 is 29.3 Å². The first-order chi connectivity index (χ1) is 9.48. The van der Waals surface area contributed by atoms with E-state index in [2.05, 4.69) is 0 Å². The van der Waals surface area contributed by atoms with Crippen LogP contribution in [0.5, 0.6) is 5.75 Å². The van der Waals surface area contributed by atoms with E-state index in [4.69, 9.17) is 0 Å². The third-order valence-corrected chi connectivity index (χ3v) is 2.95. The zero-order valence-corrected chi connectivity index (χ0v) is 10.0. The quantitative estimate of drug-likeness (QED) is 0.673. The standard InChI is InChI=1S/C13H6F7O/c14-11(15,12(16,17)13(18,19)20)8-4-5-9-7(6-8)2-1-3-10(9)21/h1-6H. The summed E-state index contributed by atoms with van der Waals surface area (Å²) in [4.78, 5) is 0. The fourth-order valence-corrected chi connectivity index (χ4v) is 1.81. The molecule has 0 fully saturated rings. The van der Waals surface area contributed by atoms with Crippen molar-refractivity contribution in [2.24, 2.45) is 0 Å². The number of hydrogen-bond donors (Lipinski definition) is 0. The number of rotatable bonds is 2. The summed E-state index contributed by atoms with van der Waals surface area (Å²) in [5.41, 5.74) is -1.51. The molecular formula is C13H6F7O. The maximum absolute atomic E-state index is 13.5. The lowest BCUT2D eigenvalue weighted by Gasteiger charge is -2.28. The van der Waals surface area contributed by atoms with Gasteiger partial charge in [-0.15, -0.1) is 0 Å². The third kappa shape index (κ3) is 2.28. The molecule has 0 amide bonds. The fraction of sp³-hybridized carbons (Fsp3) is 0.231. The molecule has 0 aliphatic heterocycles. The summed E-state index contributed by atoms with van der Waals surface area (Å²) in [5, 5.41) is 11.2. The van der Waals surface area contributed by atoms with Crippen LogP contribution in [0.15, 0.2) is 36.4 Å². The van der Waals surface area contributed by atoms with Gasteiger partial charge < -0.3 is 0 Å². The molecule has 2 aromatic rings. The minimum atomic E-state index is -6.40. The van der Waals surface area contributed by atoms with Crippen LogP contribution in [-0.2, 0) is 11.0 Å². The molecule has 0 saturated carbocycles. The zero-order chi connectivity index (χ0) is 16.1. The first-order valence-electron chi connectivity index (χ1n) is 5.51. The van der Waals surface area contributed by atoms with Crippen molar-refractivity contribution in [3.63, 3.8) is 0 Å². The number of fused-ring (bicyclic) bond motifs is 1. The molecule has 1 radical (unpaired) electrons. The highest BCUT2D eigenvalue weighted by Crippen LogP contribution is 2.52. The molecule has 0 aromatic heterocycles. The summed E-state index contributed by atoms with van der Waals surface area (Å²) in [7, 11) is 0. The molecule has 0 aliphatic carbocycles. The SMILES string of the molecule is [O]c1cccc2cc(C(F)(F)C(F)(F)C(F)(F)F)ccc12. The van der Waals surface area contributed by atoms with Crippen molar-refractivity contribution in [1.29, 1.82) is 0 Å². The Balaban J connectivity index is 2.60. The minimum absolute atomic E-state index is 0.0487. The second-order valence-corrected chi connectivity index (χ2v) is 4.34. The number of hydrogen-bond acceptors (Lipinski definition) is 0. The van der Waals surface area contributed by atoms with Crippen molar-refractivity contribution in [2.45, 2.75) is 18.0 Å². The van der Waals surface area contributed by atoms with Crippen molar-refractivity contribution in [3.05, 3.63) is 42.0 Å². The van der Waals surface area contributed by atoms with E-state index in [0.29, 0.717) is 12.1 Å². The van der Waals surface area contributed by atoms with Gasteiger partial charge in [0.05, 0.1) is 0 Å². The van der Waals surface area contributed by atoms with Crippen molar-refractivity contribution in [2.75, 3.05) is 0 Å². The summed E-state index contributed by atoms with van der Waals surface area (Å²) in [6.07, 6.45) is -6.40. The van der Waals surface area contributed by atoms with Gasteiger partial charge in [-0.2, -0.15) is 30.7 Å². The molecule has 2 aromatic carbocycles. The molecule has 113 valence electrons. The van der Waals surface area contributed by atoms with Crippen LogP contribution in [0.3, 0.4) is 0 Å². The van der Waals surface area contributed by atoms with E-state index in [9.17, 15) is 35.8 Å². The van der Waals surface area contributed by atoms with Crippen LogP contribution < -0.4 is 0 Å². The van der Waals surface area contributed by atoms with Crippen molar-refractivity contribution in [1.82, 2.24) is 0 Å². The summed E-state index contributed by atoms with van der Waals surface area (Å²) in [6.45, 7) is 0. The van der Waals surface area contributed by atoms with Gasteiger partial charge in [-0.25, -0.2) is 0 Å². The smallest absolute Gasteiger partial charge is 0.289 e. The van der Waals surface area contributed by atoms with Crippen LogP contribution in [-0.4, -0.2) is 12.1 Å². The van der Waals surface area contributed by atoms with E-state index in [-0.39, 0.29) is 10.8 Å². The summed E-state index contributed by atoms with van der Waals surface area (Å²) < 4.78 is 89.2. The van der Waals surface area contributed by atoms with Gasteiger partial charge in [0.15, 0.2) is 5.75 Å². The Morgan fingerprint density at radius 1 is 0.810 bits per heavy atom. The van der Waals surface area contributed by atoms with Crippen LogP contribution in [0.2, 0.25) is 0 Å². The average Bonchev–Trinajstić information content (AvgIpc) is 2.37. The molecule has 0 saturated heterocycles. The number of alkyl halides is 7. The second kappa shape index (κ2) is 4.51. The first kappa shape index (κ1) is 15.4. The highest BCUT2D eigenvalue weighted by atomic mass is 19.4. The van der Waals surface area contributed by atoms with E-state index in [0.717, 1.165) is 12.1 Å². The lowest BCUT2D eigenvalue weighted by molar-refractivity contribution is -0.359. The maximum atomic E-state index is 13.5. The van der Waals surface area contributed by atoms with Gasteiger partial charge in [-0.1, -0.05) is 18.2 Å². The van der Waals surface area contributed by atoms with Crippen LogP contribution in [0.1, 0.15) is 5.56 Å². The molecule has 8 heteroatoms. The molecule has 0 N–H and O–H groups in total. The highest BCUT2D eigenvalue weighted by Gasteiger charge is 2.73. The van der Waals surface area contributed by atoms with E-state index in [1.165, 1.54) is 12.1 Å². The predicted octanol–water partition coefficient (Wildman–Crippen LogP) is 5.27. The number of benzene rings is 2. The monoisotopic (exact) mass is 311 g/mol. The van der Waals surface area contributed by atoms with Crippen molar-refractivity contribution >= 4 is 10.8 Å². The molecular weight excluding hydrogens is 305 g/mol. The molecule has 0 aliphatic rings. The average molecular weight is 311 g/mol. The molecule has 0 heterocycles. The predicted molar refractivity (Wildman–Crippen MR) is 59.0 cm³/mol. The molecule has 1 nitrogen and oxygen atoms in total. The summed E-state index contributed by atoms with van der Waals surface area (Å²) >= 11 is 0. The Hall–Kier alpha value is -1.99. The molecule has 21 heavy (non-hydrogen) atoms. The van der Waals surface area contributed by atoms with Gasteiger partial charge in [-0.05, 0) is 23.6 Å². The van der Waals surface area contributed by atoms with Crippen molar-refractivity contribution < 1.29 is 35.8 Å². The first-order valence-corrected chi connectivity index (χ1v) is 5.51. The van der Waals surface area contributed by atoms with Crippen molar-refractivity contribution in [3.8, 4) is 5.75 Å². The Bertz CT molecular complexity index is 676. The van der Waals surface area contributed by atoms with Crippen LogP contribution in [0.25, 0.3) is 10.8 Å². The Morgan fingerprint density at radius 3 is 2.00 bits per heavy atom. The van der Waals surface area contributed by atoms with E-state index >= 15 is 0 Å². The third-order valence-electron chi connectivity index (χ3n) is 2.95. The summed E-state index contributed by atoms with van der Waals surface area (Å²) in [5.74, 6) is -12.2. The van der Waals surface area contributed by atoms with Gasteiger partial charge in [0.1, 0.15) is 0 Å². The van der Waals surface area contributed by atoms with Gasteiger partial charge in [-0.3, -0.25) is 5.11 Å². The lowest BCUT2D eigenvalue weighted by Crippen LogP contribution is -2.50. The molecule has 0 unspecified atom stereocenters. The Kier molecular flexibility index (Phi) is 3.30. The molecule has 0 atom stereocenters. The Labute approximate surface area is 113 Å². The van der Waals surface area contributed by atoms with Crippen LogP contribution in [0.4, 0.5) is 30.7 Å². The van der Waals surface area contributed by atoms with E-state index in [1.807, 2.05) is 0 Å². The van der Waals surface area contributed by atoms with Crippen LogP contribution >= 0.6 is 0 Å². The zero-order valence-electron chi connectivity index (χ0n) is 10.0. The summed E-state index contributed by atoms with van der Waals surface area (Å²) in [6, 6.07) is 5.12. The minimum Gasteiger partial charge on any atom is -0.289 e. The fourth-order valence-electron chi connectivity index (χ4n) is 1.81. The van der Waals surface area contributed by atoms with Gasteiger partial charge in [0, 0.05) is 10.9 Å². The topological polar surface area (TPSA) is 19.9 Å². The molecule has 0 spiro atoms. The lowest BCUT2D eigenvalue weighted by atomic mass is 9.98. The maximum Gasteiger partial charge on any atom is 0.460 e. The van der Waals surface area contributed by atoms with Gasteiger partial charge in [0.25, 0.3) is 0 Å². The van der Waals surface area contributed by atoms with E-state index in [1.54, 1.807) is 0 Å².